The lowest BCUT2D eigenvalue weighted by Crippen LogP contribution is -2.26. The van der Waals surface area contributed by atoms with Crippen molar-refractivity contribution in [1.82, 2.24) is 0 Å². The fraction of sp³-hybridized carbons (Fsp3) is 0.500. The molecule has 1 saturated carbocycles. The van der Waals surface area contributed by atoms with Gasteiger partial charge in [-0.25, -0.2) is 0 Å². The Morgan fingerprint density at radius 2 is 1.61 bits per heavy atom. The van der Waals surface area contributed by atoms with Gasteiger partial charge in [0, 0.05) is 21.7 Å². The van der Waals surface area contributed by atoms with E-state index in [-0.39, 0.29) is 0 Å². The third-order valence-electron chi connectivity index (χ3n) is 4.95. The van der Waals surface area contributed by atoms with E-state index in [1.807, 2.05) is 0 Å². The number of fused-ring (bicyclic) bond motifs is 1. The quantitative estimate of drug-likeness (QED) is 0.769. The van der Waals surface area contributed by atoms with Crippen LogP contribution in [0.3, 0.4) is 0 Å². The zero-order valence-corrected chi connectivity index (χ0v) is 14.4. The third-order valence-corrected chi connectivity index (χ3v) is 7.25. The summed E-state index contributed by atoms with van der Waals surface area (Å²) in [4.78, 5) is 1.50. The average molecular weight is 329 g/mol. The molecule has 1 aliphatic carbocycles. The van der Waals surface area contributed by atoms with Gasteiger partial charge in [-0.3, -0.25) is 0 Å². The first-order valence-corrected chi connectivity index (χ1v) is 10.4. The van der Waals surface area contributed by atoms with Crippen molar-refractivity contribution >= 4 is 21.7 Å². The minimum absolute atomic E-state index is 0.322. The first-order chi connectivity index (χ1) is 11.4. The van der Waals surface area contributed by atoms with E-state index in [9.17, 15) is 0 Å². The topological polar surface area (TPSA) is 18.5 Å². The molecule has 4 rings (SSSR count). The van der Waals surface area contributed by atoms with Gasteiger partial charge >= 0.3 is 0 Å². The molecule has 1 aliphatic heterocycles. The van der Waals surface area contributed by atoms with Crippen LogP contribution >= 0.6 is 0 Å². The molecular weight excluding hydrogens is 304 g/mol. The molecule has 1 saturated heterocycles. The molecule has 0 bridgehead atoms. The molecule has 2 fully saturated rings. The summed E-state index contributed by atoms with van der Waals surface area (Å²) in [5.74, 6) is 3.40. The minimum Gasteiger partial charge on any atom is -0.490 e. The Kier molecular flexibility index (Phi) is 4.77. The molecular formula is C20H25O2S+. The Bertz CT molecular complexity index is 658. The maximum absolute atomic E-state index is 6.39. The maximum atomic E-state index is 6.39. The van der Waals surface area contributed by atoms with Crippen molar-refractivity contribution in [3.05, 3.63) is 36.4 Å². The molecule has 3 heteroatoms. The highest BCUT2D eigenvalue weighted by atomic mass is 32.2. The summed E-state index contributed by atoms with van der Waals surface area (Å²) in [6, 6.07) is 13.3. The van der Waals surface area contributed by atoms with Gasteiger partial charge in [0.25, 0.3) is 0 Å². The molecule has 2 nitrogen and oxygen atoms in total. The largest absolute Gasteiger partial charge is 0.490 e. The van der Waals surface area contributed by atoms with E-state index in [0.29, 0.717) is 17.0 Å². The van der Waals surface area contributed by atoms with Crippen LogP contribution in [0.15, 0.2) is 41.3 Å². The molecule has 2 aromatic rings. The Morgan fingerprint density at radius 3 is 2.39 bits per heavy atom. The molecule has 2 aliphatic rings. The van der Waals surface area contributed by atoms with Crippen LogP contribution in [0.25, 0.3) is 10.8 Å². The molecule has 0 amide bonds. The molecule has 0 spiro atoms. The van der Waals surface area contributed by atoms with Crippen LogP contribution in [0.1, 0.15) is 32.1 Å². The Hall–Kier alpha value is -1.19. The summed E-state index contributed by atoms with van der Waals surface area (Å²) in [6.07, 6.45) is 6.80. The highest BCUT2D eigenvalue weighted by Gasteiger charge is 2.28. The Labute approximate surface area is 141 Å². The number of hydrogen-bond acceptors (Lipinski definition) is 2. The molecule has 122 valence electrons. The summed E-state index contributed by atoms with van der Waals surface area (Å²) in [5, 5.41) is 2.67. The van der Waals surface area contributed by atoms with E-state index in [2.05, 4.69) is 36.4 Å². The van der Waals surface area contributed by atoms with Gasteiger partial charge in [-0.05, 0) is 43.9 Å². The van der Waals surface area contributed by atoms with E-state index in [1.54, 1.807) is 0 Å². The van der Waals surface area contributed by atoms with Crippen LogP contribution in [0.4, 0.5) is 0 Å². The van der Waals surface area contributed by atoms with Gasteiger partial charge in [-0.1, -0.05) is 24.6 Å². The number of benzene rings is 2. The van der Waals surface area contributed by atoms with Gasteiger partial charge in [-0.15, -0.1) is 0 Å². The SMILES string of the molecule is c1ccc2c([S+]3CCOCC3)ccc(OC3CCCCC3)c2c1. The van der Waals surface area contributed by atoms with Crippen molar-refractivity contribution in [2.24, 2.45) is 0 Å². The standard InChI is InChI=1S/C20H25O2S/c1-2-6-16(7-3-1)22-19-10-11-20(23-14-12-21-13-15-23)18-9-5-4-8-17(18)19/h4-5,8-11,16H,1-3,6-7,12-15H2/q+1. The second-order valence-corrected chi connectivity index (χ2v) is 8.74. The number of hydrogen-bond donors (Lipinski definition) is 0. The molecule has 0 N–H and O–H groups in total. The smallest absolute Gasteiger partial charge is 0.163 e. The van der Waals surface area contributed by atoms with Gasteiger partial charge < -0.3 is 9.47 Å². The fourth-order valence-electron chi connectivity index (χ4n) is 3.70. The first kappa shape index (κ1) is 15.3. The highest BCUT2D eigenvalue weighted by Crippen LogP contribution is 2.34. The summed E-state index contributed by atoms with van der Waals surface area (Å²) >= 11 is 0. The van der Waals surface area contributed by atoms with Crippen LogP contribution < -0.4 is 4.74 Å². The molecule has 2 aromatic carbocycles. The summed E-state index contributed by atoms with van der Waals surface area (Å²) in [5.41, 5.74) is 0. The second-order valence-electron chi connectivity index (χ2n) is 6.50. The van der Waals surface area contributed by atoms with Crippen LogP contribution in [0.2, 0.25) is 0 Å². The molecule has 0 radical (unpaired) electrons. The van der Waals surface area contributed by atoms with Crippen LogP contribution in [-0.4, -0.2) is 30.8 Å². The van der Waals surface area contributed by atoms with Crippen LogP contribution in [-0.2, 0) is 15.6 Å². The van der Waals surface area contributed by atoms with Gasteiger partial charge in [0.1, 0.15) is 17.3 Å². The Balaban J connectivity index is 1.67. The van der Waals surface area contributed by atoms with Gasteiger partial charge in [0.05, 0.1) is 19.3 Å². The van der Waals surface area contributed by atoms with Crippen molar-refractivity contribution in [3.8, 4) is 5.75 Å². The van der Waals surface area contributed by atoms with Gasteiger partial charge in [0.15, 0.2) is 4.90 Å². The zero-order chi connectivity index (χ0) is 15.5. The lowest BCUT2D eigenvalue weighted by Gasteiger charge is -2.24. The van der Waals surface area contributed by atoms with Crippen molar-refractivity contribution in [3.63, 3.8) is 0 Å². The van der Waals surface area contributed by atoms with Crippen LogP contribution in [0, 0.1) is 0 Å². The van der Waals surface area contributed by atoms with Crippen molar-refractivity contribution in [1.29, 1.82) is 0 Å². The molecule has 0 unspecified atom stereocenters. The number of ether oxygens (including phenoxy) is 2. The predicted molar refractivity (Wildman–Crippen MR) is 97.6 cm³/mol. The molecule has 23 heavy (non-hydrogen) atoms. The molecule has 1 heterocycles. The van der Waals surface area contributed by atoms with Gasteiger partial charge in [-0.2, -0.15) is 0 Å². The summed E-state index contributed by atoms with van der Waals surface area (Å²) in [6.45, 7) is 1.80. The molecule has 0 atom stereocenters. The normalized spacial score (nSPS) is 20.7. The summed E-state index contributed by atoms with van der Waals surface area (Å²) < 4.78 is 11.9. The van der Waals surface area contributed by atoms with E-state index >= 15 is 0 Å². The average Bonchev–Trinajstić information content (AvgIpc) is 2.64. The monoisotopic (exact) mass is 329 g/mol. The van der Waals surface area contributed by atoms with Gasteiger partial charge in [0.2, 0.25) is 0 Å². The van der Waals surface area contributed by atoms with E-state index < -0.39 is 0 Å². The third kappa shape index (κ3) is 3.36. The number of rotatable bonds is 3. The summed E-state index contributed by atoms with van der Waals surface area (Å²) in [7, 11) is 0.322. The minimum atomic E-state index is 0.322. The first-order valence-electron chi connectivity index (χ1n) is 8.85. The highest BCUT2D eigenvalue weighted by molar-refractivity contribution is 7.97. The lowest BCUT2D eigenvalue weighted by atomic mass is 9.97. The van der Waals surface area contributed by atoms with Crippen molar-refractivity contribution in [2.75, 3.05) is 24.7 Å². The lowest BCUT2D eigenvalue weighted by molar-refractivity contribution is 0.157. The van der Waals surface area contributed by atoms with E-state index in [0.717, 1.165) is 30.5 Å². The predicted octanol–water partition coefficient (Wildman–Crippen LogP) is 4.56. The molecule has 0 aromatic heterocycles. The maximum Gasteiger partial charge on any atom is 0.163 e. The van der Waals surface area contributed by atoms with Crippen molar-refractivity contribution in [2.45, 2.75) is 43.1 Å². The fourth-order valence-corrected chi connectivity index (χ4v) is 5.74. The van der Waals surface area contributed by atoms with E-state index in [1.165, 1.54) is 47.8 Å². The Morgan fingerprint density at radius 1 is 0.870 bits per heavy atom. The second kappa shape index (κ2) is 7.14. The zero-order valence-electron chi connectivity index (χ0n) is 13.6. The van der Waals surface area contributed by atoms with Crippen LogP contribution in [0.5, 0.6) is 5.75 Å². The van der Waals surface area contributed by atoms with E-state index in [4.69, 9.17) is 9.47 Å². The van der Waals surface area contributed by atoms with Crippen molar-refractivity contribution < 1.29 is 9.47 Å².